The first-order valence-corrected chi connectivity index (χ1v) is 7.41. The molecule has 0 fully saturated rings. The number of nitrogens with one attached hydrogen (secondary N) is 1. The number of halogens is 2. The van der Waals surface area contributed by atoms with Crippen LogP contribution in [0.5, 0.6) is 0 Å². The number of rotatable bonds is 5. The van der Waals surface area contributed by atoms with Crippen LogP contribution in [-0.4, -0.2) is 10.9 Å². The Balaban J connectivity index is 1.80. The van der Waals surface area contributed by atoms with Gasteiger partial charge in [0, 0.05) is 41.0 Å². The number of carbonyl (C=O) groups is 1. The molecule has 0 aliphatic rings. The van der Waals surface area contributed by atoms with Crippen LogP contribution in [0.1, 0.15) is 17.0 Å². The zero-order chi connectivity index (χ0) is 13.7. The molecule has 0 bridgehead atoms. The highest BCUT2D eigenvalue weighted by atomic mass is 79.9. The molecule has 0 spiro atoms. The van der Waals surface area contributed by atoms with Gasteiger partial charge < -0.3 is 5.32 Å². The average Bonchev–Trinajstić information content (AvgIpc) is 2.88. The van der Waals surface area contributed by atoms with Crippen molar-refractivity contribution < 1.29 is 9.18 Å². The summed E-state index contributed by atoms with van der Waals surface area (Å²) in [5, 5.41) is 5.52. The second kappa shape index (κ2) is 6.77. The van der Waals surface area contributed by atoms with E-state index in [0.717, 1.165) is 5.01 Å². The fourth-order valence-electron chi connectivity index (χ4n) is 1.54. The Bertz CT molecular complexity index is 560. The molecule has 0 aliphatic carbocycles. The Morgan fingerprint density at radius 3 is 3.00 bits per heavy atom. The van der Waals surface area contributed by atoms with Crippen molar-refractivity contribution in [3.63, 3.8) is 0 Å². The third-order valence-corrected chi connectivity index (χ3v) is 3.87. The quantitative estimate of drug-likeness (QED) is 0.905. The van der Waals surface area contributed by atoms with Crippen molar-refractivity contribution in [2.45, 2.75) is 19.4 Å². The largest absolute Gasteiger partial charge is 0.352 e. The lowest BCUT2D eigenvalue weighted by atomic mass is 10.2. The molecule has 2 aromatic rings. The SMILES string of the molecule is O=C(CCc1nccs1)NCc1ccc(Br)cc1F. The molecule has 1 N–H and O–H groups in total. The van der Waals surface area contributed by atoms with Crippen LogP contribution in [0.3, 0.4) is 0 Å². The predicted octanol–water partition coefficient (Wildman–Crippen LogP) is 3.29. The monoisotopic (exact) mass is 342 g/mol. The van der Waals surface area contributed by atoms with Crippen LogP contribution < -0.4 is 5.32 Å². The first-order valence-electron chi connectivity index (χ1n) is 5.74. The summed E-state index contributed by atoms with van der Waals surface area (Å²) in [4.78, 5) is 15.7. The lowest BCUT2D eigenvalue weighted by Crippen LogP contribution is -2.23. The zero-order valence-electron chi connectivity index (χ0n) is 10.0. The summed E-state index contributed by atoms with van der Waals surface area (Å²) in [5.74, 6) is -0.424. The van der Waals surface area contributed by atoms with E-state index in [9.17, 15) is 9.18 Å². The van der Waals surface area contributed by atoms with E-state index in [2.05, 4.69) is 26.2 Å². The van der Waals surface area contributed by atoms with E-state index >= 15 is 0 Å². The van der Waals surface area contributed by atoms with E-state index in [0.29, 0.717) is 22.9 Å². The number of hydrogen-bond donors (Lipinski definition) is 1. The Labute approximate surface area is 123 Å². The minimum absolute atomic E-state index is 0.0995. The van der Waals surface area contributed by atoms with Crippen LogP contribution in [0.2, 0.25) is 0 Å². The lowest BCUT2D eigenvalue weighted by Gasteiger charge is -2.06. The summed E-state index contributed by atoms with van der Waals surface area (Å²) in [5.41, 5.74) is 0.478. The van der Waals surface area contributed by atoms with E-state index < -0.39 is 0 Å². The fraction of sp³-hybridized carbons (Fsp3) is 0.231. The summed E-state index contributed by atoms with van der Waals surface area (Å²) >= 11 is 4.72. The van der Waals surface area contributed by atoms with Gasteiger partial charge in [-0.15, -0.1) is 11.3 Å². The Kier molecular flexibility index (Phi) is 5.04. The van der Waals surface area contributed by atoms with Crippen molar-refractivity contribution in [3.05, 3.63) is 50.6 Å². The molecule has 6 heteroatoms. The number of aryl methyl sites for hydroxylation is 1. The Morgan fingerprint density at radius 2 is 2.32 bits per heavy atom. The van der Waals surface area contributed by atoms with Gasteiger partial charge in [0.05, 0.1) is 5.01 Å². The van der Waals surface area contributed by atoms with Crippen molar-refractivity contribution in [2.24, 2.45) is 0 Å². The second-order valence-corrected chi connectivity index (χ2v) is 5.83. The molecule has 19 heavy (non-hydrogen) atoms. The molecule has 100 valence electrons. The molecule has 0 unspecified atom stereocenters. The van der Waals surface area contributed by atoms with Gasteiger partial charge in [0.2, 0.25) is 5.91 Å². The molecule has 3 nitrogen and oxygen atoms in total. The number of thiazole rings is 1. The normalized spacial score (nSPS) is 10.4. The minimum atomic E-state index is -0.324. The van der Waals surface area contributed by atoms with Crippen molar-refractivity contribution >= 4 is 33.2 Å². The standard InChI is InChI=1S/C13H12BrFN2OS/c14-10-2-1-9(11(15)7-10)8-17-12(18)3-4-13-16-5-6-19-13/h1-2,5-7H,3-4,8H2,(H,17,18). The lowest BCUT2D eigenvalue weighted by molar-refractivity contribution is -0.121. The van der Waals surface area contributed by atoms with Gasteiger partial charge >= 0.3 is 0 Å². The summed E-state index contributed by atoms with van der Waals surface area (Å²) in [6.45, 7) is 0.204. The number of aromatic nitrogens is 1. The van der Waals surface area contributed by atoms with Crippen molar-refractivity contribution in [3.8, 4) is 0 Å². The number of amides is 1. The van der Waals surface area contributed by atoms with Gasteiger partial charge in [-0.3, -0.25) is 4.79 Å². The molecule has 0 atom stereocenters. The molecule has 0 saturated heterocycles. The maximum atomic E-state index is 13.5. The fourth-order valence-corrected chi connectivity index (χ4v) is 2.50. The van der Waals surface area contributed by atoms with Crippen LogP contribution in [0, 0.1) is 5.82 Å². The highest BCUT2D eigenvalue weighted by Crippen LogP contribution is 2.15. The van der Waals surface area contributed by atoms with Gasteiger partial charge in [-0.25, -0.2) is 9.37 Å². The van der Waals surface area contributed by atoms with Gasteiger partial charge in [-0.2, -0.15) is 0 Å². The second-order valence-electron chi connectivity index (χ2n) is 3.94. The van der Waals surface area contributed by atoms with E-state index in [1.807, 2.05) is 5.38 Å². The first-order chi connectivity index (χ1) is 9.15. The highest BCUT2D eigenvalue weighted by molar-refractivity contribution is 9.10. The molecule has 0 saturated carbocycles. The molecule has 1 heterocycles. The number of nitrogens with zero attached hydrogens (tertiary/aromatic N) is 1. The topological polar surface area (TPSA) is 42.0 Å². The first kappa shape index (κ1) is 14.1. The molecule has 2 rings (SSSR count). The van der Waals surface area contributed by atoms with Gasteiger partial charge in [0.15, 0.2) is 0 Å². The maximum absolute atomic E-state index is 13.5. The molecular weight excluding hydrogens is 331 g/mol. The molecule has 0 radical (unpaired) electrons. The van der Waals surface area contributed by atoms with Crippen LogP contribution in [0.4, 0.5) is 4.39 Å². The highest BCUT2D eigenvalue weighted by Gasteiger charge is 2.06. The van der Waals surface area contributed by atoms with Gasteiger partial charge in [-0.1, -0.05) is 22.0 Å². The molecule has 1 amide bonds. The Morgan fingerprint density at radius 1 is 1.47 bits per heavy atom. The molecule has 0 aliphatic heterocycles. The maximum Gasteiger partial charge on any atom is 0.220 e. The van der Waals surface area contributed by atoms with Crippen LogP contribution >= 0.6 is 27.3 Å². The third kappa shape index (κ3) is 4.40. The van der Waals surface area contributed by atoms with Gasteiger partial charge in [0.25, 0.3) is 0 Å². The summed E-state index contributed by atoms with van der Waals surface area (Å²) in [6, 6.07) is 4.79. The Hall–Kier alpha value is -1.27. The number of hydrogen-bond acceptors (Lipinski definition) is 3. The minimum Gasteiger partial charge on any atom is -0.352 e. The van der Waals surface area contributed by atoms with Crippen molar-refractivity contribution in [1.82, 2.24) is 10.3 Å². The van der Waals surface area contributed by atoms with E-state index in [1.54, 1.807) is 18.3 Å². The summed E-state index contributed by atoms with van der Waals surface area (Å²) < 4.78 is 14.2. The van der Waals surface area contributed by atoms with Gasteiger partial charge in [-0.05, 0) is 12.1 Å². The average molecular weight is 343 g/mol. The number of benzene rings is 1. The van der Waals surface area contributed by atoms with Crippen LogP contribution in [-0.2, 0) is 17.8 Å². The number of carbonyl (C=O) groups excluding carboxylic acids is 1. The molecule has 1 aromatic heterocycles. The predicted molar refractivity (Wildman–Crippen MR) is 76.4 cm³/mol. The summed E-state index contributed by atoms with van der Waals surface area (Å²) in [7, 11) is 0. The van der Waals surface area contributed by atoms with Crippen molar-refractivity contribution in [1.29, 1.82) is 0 Å². The van der Waals surface area contributed by atoms with Crippen LogP contribution in [0.25, 0.3) is 0 Å². The molecule has 1 aromatic carbocycles. The zero-order valence-corrected chi connectivity index (χ0v) is 12.4. The van der Waals surface area contributed by atoms with Gasteiger partial charge in [0.1, 0.15) is 5.82 Å². The molecular formula is C13H12BrFN2OS. The van der Waals surface area contributed by atoms with Crippen molar-refractivity contribution in [2.75, 3.05) is 0 Å². The van der Waals surface area contributed by atoms with E-state index in [-0.39, 0.29) is 18.3 Å². The summed E-state index contributed by atoms with van der Waals surface area (Å²) in [6.07, 6.45) is 2.70. The smallest absolute Gasteiger partial charge is 0.220 e. The van der Waals surface area contributed by atoms with E-state index in [4.69, 9.17) is 0 Å². The van der Waals surface area contributed by atoms with E-state index in [1.165, 1.54) is 17.4 Å². The third-order valence-electron chi connectivity index (χ3n) is 2.54. The van der Waals surface area contributed by atoms with Crippen LogP contribution in [0.15, 0.2) is 34.2 Å².